The summed E-state index contributed by atoms with van der Waals surface area (Å²) in [7, 11) is 0. The zero-order chi connectivity index (χ0) is 14.8. The smallest absolute Gasteiger partial charge is 0.339 e. The highest BCUT2D eigenvalue weighted by molar-refractivity contribution is 5.94. The van der Waals surface area contributed by atoms with Crippen LogP contribution >= 0.6 is 0 Å². The van der Waals surface area contributed by atoms with Crippen LogP contribution in [0.25, 0.3) is 11.3 Å². The van der Waals surface area contributed by atoms with Gasteiger partial charge < -0.3 is 14.6 Å². The van der Waals surface area contributed by atoms with Crippen molar-refractivity contribution >= 4 is 5.97 Å². The van der Waals surface area contributed by atoms with Crippen molar-refractivity contribution in [2.75, 3.05) is 6.79 Å². The van der Waals surface area contributed by atoms with Crippen LogP contribution in [0.1, 0.15) is 30.1 Å². The molecule has 0 atom stereocenters. The molecule has 1 aromatic carbocycles. The fraction of sp³-hybridized carbons (Fsp3) is 0.333. The third kappa shape index (κ3) is 2.56. The Labute approximate surface area is 121 Å². The number of aryl methyl sites for hydroxylation is 1. The number of carbonyl (C=O) groups is 1. The Balaban J connectivity index is 2.00. The molecule has 0 radical (unpaired) electrons. The van der Waals surface area contributed by atoms with Gasteiger partial charge in [-0.25, -0.2) is 4.79 Å². The molecule has 1 aromatic heterocycles. The number of carboxylic acids is 1. The molecule has 0 amide bonds. The van der Waals surface area contributed by atoms with Crippen molar-refractivity contribution in [3.63, 3.8) is 0 Å². The molecule has 0 spiro atoms. The lowest BCUT2D eigenvalue weighted by molar-refractivity contribution is 0.0697. The van der Waals surface area contributed by atoms with Crippen LogP contribution in [0.2, 0.25) is 0 Å². The van der Waals surface area contributed by atoms with Gasteiger partial charge >= 0.3 is 5.97 Å². The van der Waals surface area contributed by atoms with Gasteiger partial charge in [-0.2, -0.15) is 5.10 Å². The second kappa shape index (κ2) is 5.47. The minimum atomic E-state index is -0.981. The Kier molecular flexibility index (Phi) is 3.51. The molecular weight excluding hydrogens is 272 g/mol. The molecular formula is C15H16N2O4. The lowest BCUT2D eigenvalue weighted by atomic mass is 10.1. The van der Waals surface area contributed by atoms with Gasteiger partial charge in [0.1, 0.15) is 11.3 Å². The molecule has 0 fully saturated rings. The molecule has 6 heteroatoms. The Bertz CT molecular complexity index is 678. The number of rotatable bonds is 5. The fourth-order valence-electron chi connectivity index (χ4n) is 2.27. The monoisotopic (exact) mass is 288 g/mol. The van der Waals surface area contributed by atoms with Crippen LogP contribution in [-0.2, 0) is 6.54 Å². The maximum Gasteiger partial charge on any atom is 0.339 e. The van der Waals surface area contributed by atoms with Crippen LogP contribution in [0.3, 0.4) is 0 Å². The topological polar surface area (TPSA) is 73.6 Å². The van der Waals surface area contributed by atoms with E-state index in [9.17, 15) is 9.90 Å². The lowest BCUT2D eigenvalue weighted by Gasteiger charge is -2.01. The lowest BCUT2D eigenvalue weighted by Crippen LogP contribution is -1.98. The van der Waals surface area contributed by atoms with Gasteiger partial charge in [0.15, 0.2) is 11.5 Å². The highest BCUT2D eigenvalue weighted by Gasteiger charge is 2.20. The molecule has 0 aliphatic carbocycles. The first-order chi connectivity index (χ1) is 10.2. The van der Waals surface area contributed by atoms with Gasteiger partial charge in [0.25, 0.3) is 0 Å². The summed E-state index contributed by atoms with van der Waals surface area (Å²) in [6.45, 7) is 2.98. The maximum absolute atomic E-state index is 11.4. The predicted octanol–water partition coefficient (Wildman–Crippen LogP) is 2.78. The summed E-state index contributed by atoms with van der Waals surface area (Å²) < 4.78 is 12.3. The van der Waals surface area contributed by atoms with Crippen LogP contribution in [0.4, 0.5) is 0 Å². The summed E-state index contributed by atoms with van der Waals surface area (Å²) >= 11 is 0. The van der Waals surface area contributed by atoms with Gasteiger partial charge in [0, 0.05) is 18.3 Å². The third-order valence-corrected chi connectivity index (χ3v) is 3.38. The second-order valence-corrected chi connectivity index (χ2v) is 4.88. The van der Waals surface area contributed by atoms with E-state index in [0.29, 0.717) is 29.3 Å². The summed E-state index contributed by atoms with van der Waals surface area (Å²) in [6.07, 6.45) is 3.57. The Morgan fingerprint density at radius 1 is 1.38 bits per heavy atom. The first-order valence-corrected chi connectivity index (χ1v) is 6.90. The standard InChI is InChI=1S/C15H16N2O4/c1-2-3-6-17-8-11(15(18)19)14(16-17)10-4-5-12-13(7-10)21-9-20-12/h4-5,7-8H,2-3,6,9H2,1H3,(H,18,19). The van der Waals surface area contributed by atoms with E-state index in [1.165, 1.54) is 0 Å². The van der Waals surface area contributed by atoms with Crippen molar-refractivity contribution < 1.29 is 19.4 Å². The molecule has 0 saturated carbocycles. The molecule has 0 bridgehead atoms. The zero-order valence-electron chi connectivity index (χ0n) is 11.7. The Hall–Kier alpha value is -2.50. The van der Waals surface area contributed by atoms with E-state index in [1.807, 2.05) is 0 Å². The van der Waals surface area contributed by atoms with E-state index in [1.54, 1.807) is 29.1 Å². The Morgan fingerprint density at radius 3 is 2.95 bits per heavy atom. The van der Waals surface area contributed by atoms with Crippen molar-refractivity contribution in [3.8, 4) is 22.8 Å². The Morgan fingerprint density at radius 2 is 2.19 bits per heavy atom. The number of hydrogen-bond acceptors (Lipinski definition) is 4. The van der Waals surface area contributed by atoms with E-state index >= 15 is 0 Å². The average molecular weight is 288 g/mol. The van der Waals surface area contributed by atoms with Crippen LogP contribution in [-0.4, -0.2) is 27.6 Å². The zero-order valence-corrected chi connectivity index (χ0v) is 11.7. The van der Waals surface area contributed by atoms with Crippen molar-refractivity contribution in [3.05, 3.63) is 30.0 Å². The third-order valence-electron chi connectivity index (χ3n) is 3.38. The van der Waals surface area contributed by atoms with Crippen molar-refractivity contribution in [1.82, 2.24) is 9.78 Å². The van der Waals surface area contributed by atoms with Crippen molar-refractivity contribution in [2.45, 2.75) is 26.3 Å². The summed E-state index contributed by atoms with van der Waals surface area (Å²) in [5.74, 6) is 0.304. The average Bonchev–Trinajstić information content (AvgIpc) is 3.10. The minimum Gasteiger partial charge on any atom is -0.478 e. The number of unbranched alkanes of at least 4 members (excludes halogenated alkanes) is 1. The largest absolute Gasteiger partial charge is 0.478 e. The molecule has 2 heterocycles. The number of aromatic carboxylic acids is 1. The summed E-state index contributed by atoms with van der Waals surface area (Å²) in [5.41, 5.74) is 1.37. The molecule has 0 unspecified atom stereocenters. The molecule has 1 N–H and O–H groups in total. The van der Waals surface area contributed by atoms with Gasteiger partial charge in [-0.3, -0.25) is 4.68 Å². The van der Waals surface area contributed by atoms with Gasteiger partial charge in [-0.15, -0.1) is 0 Å². The summed E-state index contributed by atoms with van der Waals surface area (Å²) in [4.78, 5) is 11.4. The molecule has 3 rings (SSSR count). The number of nitrogens with zero attached hydrogens (tertiary/aromatic N) is 2. The highest BCUT2D eigenvalue weighted by atomic mass is 16.7. The van der Waals surface area contributed by atoms with Crippen LogP contribution in [0, 0.1) is 0 Å². The number of hydrogen-bond donors (Lipinski definition) is 1. The number of fused-ring (bicyclic) bond motifs is 1. The first-order valence-electron chi connectivity index (χ1n) is 6.90. The van der Waals surface area contributed by atoms with Gasteiger partial charge in [-0.05, 0) is 24.6 Å². The van der Waals surface area contributed by atoms with Gasteiger partial charge in [0.05, 0.1) is 0 Å². The van der Waals surface area contributed by atoms with E-state index in [2.05, 4.69) is 12.0 Å². The van der Waals surface area contributed by atoms with Crippen LogP contribution < -0.4 is 9.47 Å². The number of carboxylic acid groups (broad SMARTS) is 1. The van der Waals surface area contributed by atoms with Crippen molar-refractivity contribution in [1.29, 1.82) is 0 Å². The van der Waals surface area contributed by atoms with Gasteiger partial charge in [-0.1, -0.05) is 13.3 Å². The molecule has 1 aliphatic rings. The van der Waals surface area contributed by atoms with Gasteiger partial charge in [0.2, 0.25) is 6.79 Å². The molecule has 0 saturated heterocycles. The molecule has 2 aromatic rings. The SMILES string of the molecule is CCCCn1cc(C(=O)O)c(-c2ccc3c(c2)OCO3)n1. The number of aromatic nitrogens is 2. The highest BCUT2D eigenvalue weighted by Crippen LogP contribution is 2.36. The summed E-state index contributed by atoms with van der Waals surface area (Å²) in [6, 6.07) is 5.34. The second-order valence-electron chi connectivity index (χ2n) is 4.88. The molecule has 21 heavy (non-hydrogen) atoms. The van der Waals surface area contributed by atoms with E-state index in [4.69, 9.17) is 9.47 Å². The normalized spacial score (nSPS) is 12.6. The van der Waals surface area contributed by atoms with E-state index in [0.717, 1.165) is 12.8 Å². The quantitative estimate of drug-likeness (QED) is 0.915. The minimum absolute atomic E-state index is 0.190. The van der Waals surface area contributed by atoms with Crippen LogP contribution in [0.15, 0.2) is 24.4 Å². The fourth-order valence-corrected chi connectivity index (χ4v) is 2.27. The molecule has 6 nitrogen and oxygen atoms in total. The molecule has 110 valence electrons. The van der Waals surface area contributed by atoms with Crippen molar-refractivity contribution in [2.24, 2.45) is 0 Å². The van der Waals surface area contributed by atoms with E-state index < -0.39 is 5.97 Å². The van der Waals surface area contributed by atoms with Crippen LogP contribution in [0.5, 0.6) is 11.5 Å². The first kappa shape index (κ1) is 13.5. The number of benzene rings is 1. The predicted molar refractivity (Wildman–Crippen MR) is 75.7 cm³/mol. The summed E-state index contributed by atoms with van der Waals surface area (Å²) in [5, 5.41) is 13.8. The van der Waals surface area contributed by atoms with E-state index in [-0.39, 0.29) is 12.4 Å². The molecule has 1 aliphatic heterocycles. The maximum atomic E-state index is 11.4. The number of ether oxygens (including phenoxy) is 2.